The molecule has 1 fully saturated rings. The molecule has 152 valence electrons. The van der Waals surface area contributed by atoms with Gasteiger partial charge in [0.1, 0.15) is 0 Å². The molecule has 4 rings (SSSR count). The third-order valence-corrected chi connectivity index (χ3v) is 6.45. The van der Waals surface area contributed by atoms with Crippen molar-refractivity contribution in [2.75, 3.05) is 20.3 Å². The molecule has 1 N–H and O–H groups in total. The van der Waals surface area contributed by atoms with Gasteiger partial charge in [-0.1, -0.05) is 6.07 Å². The Morgan fingerprint density at radius 3 is 2.79 bits per heavy atom. The Balaban J connectivity index is 1.77. The summed E-state index contributed by atoms with van der Waals surface area (Å²) in [5.41, 5.74) is 4.60. The highest BCUT2D eigenvalue weighted by Gasteiger charge is 2.41. The van der Waals surface area contributed by atoms with Crippen LogP contribution < -0.4 is 5.32 Å². The lowest BCUT2D eigenvalue weighted by Gasteiger charge is -2.28. The van der Waals surface area contributed by atoms with Crippen molar-refractivity contribution in [3.63, 3.8) is 0 Å². The summed E-state index contributed by atoms with van der Waals surface area (Å²) in [6, 6.07) is 8.35. The Bertz CT molecular complexity index is 971. The average molecular weight is 428 g/mol. The number of aryl methyl sites for hydroxylation is 1. The van der Waals surface area contributed by atoms with Gasteiger partial charge >= 0.3 is 0 Å². The van der Waals surface area contributed by atoms with Crippen LogP contribution in [0.25, 0.3) is 5.13 Å². The third kappa shape index (κ3) is 3.80. The van der Waals surface area contributed by atoms with Crippen LogP contribution in [0.4, 0.5) is 0 Å². The van der Waals surface area contributed by atoms with E-state index in [0.717, 1.165) is 28.9 Å². The molecule has 3 aromatic rings. The second kappa shape index (κ2) is 8.61. The van der Waals surface area contributed by atoms with Crippen molar-refractivity contribution in [1.29, 1.82) is 0 Å². The number of hydrogen-bond acceptors (Lipinski definition) is 5. The summed E-state index contributed by atoms with van der Waals surface area (Å²) in [5, 5.41) is 7.28. The van der Waals surface area contributed by atoms with Crippen LogP contribution in [0.2, 0.25) is 0 Å². The van der Waals surface area contributed by atoms with Gasteiger partial charge in [-0.2, -0.15) is 0 Å². The second-order valence-electron chi connectivity index (χ2n) is 7.14. The first-order valence-corrected chi connectivity index (χ1v) is 11.0. The van der Waals surface area contributed by atoms with Gasteiger partial charge in [0.25, 0.3) is 0 Å². The van der Waals surface area contributed by atoms with Gasteiger partial charge in [-0.05, 0) is 56.2 Å². The highest BCUT2D eigenvalue weighted by atomic mass is 32.1. The Morgan fingerprint density at radius 1 is 1.24 bits per heavy atom. The maximum absolute atomic E-state index is 5.74. The molecular weight excluding hydrogens is 402 g/mol. The van der Waals surface area contributed by atoms with Crippen LogP contribution in [0.15, 0.2) is 42.0 Å². The predicted molar refractivity (Wildman–Crippen MR) is 120 cm³/mol. The van der Waals surface area contributed by atoms with E-state index in [-0.39, 0.29) is 12.1 Å². The topological polar surface area (TPSA) is 55.2 Å². The van der Waals surface area contributed by atoms with E-state index in [1.165, 1.54) is 17.0 Å². The lowest BCUT2D eigenvalue weighted by molar-refractivity contribution is 0.180. The first kappa shape index (κ1) is 20.0. The molecule has 2 atom stereocenters. The number of nitrogens with one attached hydrogen (secondary N) is 1. The molecule has 3 aromatic heterocycles. The fourth-order valence-electron chi connectivity index (χ4n) is 4.07. The minimum absolute atomic E-state index is 0.00325. The van der Waals surface area contributed by atoms with E-state index in [4.69, 9.17) is 17.0 Å². The van der Waals surface area contributed by atoms with Gasteiger partial charge in [-0.25, -0.2) is 4.98 Å². The number of hydrogen-bond donors (Lipinski definition) is 1. The number of aromatic nitrogens is 3. The molecule has 1 aliphatic heterocycles. The van der Waals surface area contributed by atoms with Gasteiger partial charge in [0.15, 0.2) is 10.2 Å². The zero-order valence-corrected chi connectivity index (χ0v) is 18.5. The van der Waals surface area contributed by atoms with Gasteiger partial charge in [-0.3, -0.25) is 9.55 Å². The zero-order chi connectivity index (χ0) is 20.4. The predicted octanol–water partition coefficient (Wildman–Crippen LogP) is 3.95. The van der Waals surface area contributed by atoms with E-state index in [1.54, 1.807) is 18.4 Å². The third-order valence-electron chi connectivity index (χ3n) is 5.34. The molecule has 8 heteroatoms. The lowest BCUT2D eigenvalue weighted by Crippen LogP contribution is -2.31. The van der Waals surface area contributed by atoms with E-state index in [9.17, 15) is 0 Å². The SMILES string of the molecule is COCCCN1C(=S)NC(c2ccccn2)C1c1cc(C)n(-c2nccs2)c1C. The Hall–Kier alpha value is -2.29. The molecular formula is C21H25N5OS2. The number of pyridine rings is 1. The van der Waals surface area contributed by atoms with Gasteiger partial charge in [0.2, 0.25) is 0 Å². The van der Waals surface area contributed by atoms with Crippen molar-refractivity contribution in [3.05, 3.63) is 64.7 Å². The van der Waals surface area contributed by atoms with Crippen LogP contribution in [0.5, 0.6) is 0 Å². The van der Waals surface area contributed by atoms with Crippen LogP contribution in [-0.4, -0.2) is 44.8 Å². The number of nitrogens with zero attached hydrogens (tertiary/aromatic N) is 4. The molecule has 1 aliphatic rings. The molecule has 0 radical (unpaired) electrons. The number of rotatable bonds is 7. The minimum atomic E-state index is -0.00325. The average Bonchev–Trinajstić information content (AvgIpc) is 3.42. The molecule has 4 heterocycles. The quantitative estimate of drug-likeness (QED) is 0.455. The summed E-state index contributed by atoms with van der Waals surface area (Å²) in [6.07, 6.45) is 4.59. The van der Waals surface area contributed by atoms with Crippen molar-refractivity contribution in [3.8, 4) is 5.13 Å². The van der Waals surface area contributed by atoms with Crippen LogP contribution in [0, 0.1) is 13.8 Å². The van der Waals surface area contributed by atoms with Crippen molar-refractivity contribution in [2.45, 2.75) is 32.4 Å². The maximum atomic E-state index is 5.74. The van der Waals surface area contributed by atoms with Gasteiger partial charge in [0, 0.05) is 49.4 Å². The van der Waals surface area contributed by atoms with E-state index >= 15 is 0 Å². The number of methoxy groups -OCH3 is 1. The van der Waals surface area contributed by atoms with Crippen molar-refractivity contribution < 1.29 is 4.74 Å². The minimum Gasteiger partial charge on any atom is -0.385 e. The number of thiocarbonyl (C=S) groups is 1. The van der Waals surface area contributed by atoms with E-state index in [2.05, 4.69) is 50.7 Å². The van der Waals surface area contributed by atoms with Crippen LogP contribution >= 0.6 is 23.6 Å². The number of ether oxygens (including phenoxy) is 1. The highest BCUT2D eigenvalue weighted by molar-refractivity contribution is 7.80. The Morgan fingerprint density at radius 2 is 2.10 bits per heavy atom. The standard InChI is InChI=1S/C21H25N5OS2/c1-14-13-16(15(2)26(14)21-23-9-12-29-21)19-18(17-7-4-5-8-22-17)24-20(28)25(19)10-6-11-27-3/h4-5,7-9,12-13,18-19H,6,10-11H2,1-3H3,(H,24,28). The molecule has 6 nitrogen and oxygen atoms in total. The fourth-order valence-corrected chi connectivity index (χ4v) is 5.16. The van der Waals surface area contributed by atoms with E-state index < -0.39 is 0 Å². The van der Waals surface area contributed by atoms with Gasteiger partial charge in [-0.15, -0.1) is 11.3 Å². The maximum Gasteiger partial charge on any atom is 0.193 e. The smallest absolute Gasteiger partial charge is 0.193 e. The van der Waals surface area contributed by atoms with Crippen LogP contribution in [0.3, 0.4) is 0 Å². The van der Waals surface area contributed by atoms with Crippen LogP contribution in [0.1, 0.15) is 41.1 Å². The normalized spacial score (nSPS) is 19.0. The highest BCUT2D eigenvalue weighted by Crippen LogP contribution is 2.41. The summed E-state index contributed by atoms with van der Waals surface area (Å²) in [7, 11) is 1.73. The van der Waals surface area contributed by atoms with Gasteiger partial charge < -0.3 is 15.0 Å². The fraction of sp³-hybridized carbons (Fsp3) is 0.381. The Kier molecular flexibility index (Phi) is 5.94. The lowest BCUT2D eigenvalue weighted by atomic mass is 9.96. The summed E-state index contributed by atoms with van der Waals surface area (Å²) < 4.78 is 7.50. The monoisotopic (exact) mass is 427 g/mol. The summed E-state index contributed by atoms with van der Waals surface area (Å²) in [6.45, 7) is 5.82. The molecule has 29 heavy (non-hydrogen) atoms. The molecule has 0 saturated carbocycles. The first-order chi connectivity index (χ1) is 14.1. The van der Waals surface area contributed by atoms with Crippen molar-refractivity contribution in [2.24, 2.45) is 0 Å². The first-order valence-electron chi connectivity index (χ1n) is 9.67. The van der Waals surface area contributed by atoms with E-state index in [0.29, 0.717) is 6.61 Å². The summed E-state index contributed by atoms with van der Waals surface area (Å²) in [4.78, 5) is 11.4. The zero-order valence-electron chi connectivity index (χ0n) is 16.8. The molecule has 1 saturated heterocycles. The van der Waals surface area contributed by atoms with Gasteiger partial charge in [0.05, 0.1) is 17.8 Å². The summed E-state index contributed by atoms with van der Waals surface area (Å²) in [5.74, 6) is 0. The van der Waals surface area contributed by atoms with Crippen molar-refractivity contribution >= 4 is 28.7 Å². The molecule has 0 aliphatic carbocycles. The molecule has 0 spiro atoms. The Labute approximate surface area is 180 Å². The van der Waals surface area contributed by atoms with Crippen LogP contribution in [-0.2, 0) is 4.74 Å². The van der Waals surface area contributed by atoms with Crippen molar-refractivity contribution in [1.82, 2.24) is 24.8 Å². The largest absolute Gasteiger partial charge is 0.385 e. The molecule has 2 unspecified atom stereocenters. The number of thiazole rings is 1. The second-order valence-corrected chi connectivity index (χ2v) is 8.40. The molecule has 0 aromatic carbocycles. The molecule has 0 amide bonds. The van der Waals surface area contributed by atoms with E-state index in [1.807, 2.05) is 29.9 Å². The summed E-state index contributed by atoms with van der Waals surface area (Å²) >= 11 is 7.38. The molecule has 0 bridgehead atoms.